The molecule has 0 atom stereocenters. The van der Waals surface area contributed by atoms with E-state index in [0.717, 1.165) is 22.6 Å². The largest absolute Gasteiger partial charge is 0.487 e. The molecule has 0 saturated heterocycles. The Morgan fingerprint density at radius 1 is 0.833 bits per heavy atom. The lowest BCUT2D eigenvalue weighted by Crippen LogP contribution is -2.19. The van der Waals surface area contributed by atoms with Crippen LogP contribution in [0.15, 0.2) is 103 Å². The zero-order valence-electron chi connectivity index (χ0n) is 19.8. The van der Waals surface area contributed by atoms with Crippen LogP contribution in [0, 0.1) is 6.92 Å². The van der Waals surface area contributed by atoms with E-state index >= 15 is 0 Å². The molecule has 0 aliphatic heterocycles. The lowest BCUT2D eigenvalue weighted by molar-refractivity contribution is -0.111. The standard InChI is InChI=1S/C29H26N4O3/c1-21-10-14-24(32-29(35)31-23-7-3-2-4-8-23)19-27(21)33-28(34)17-13-22-11-15-26(16-12-22)36-20-25-9-5-6-18-30-25/h2-19H,20H2,1H3,(H,33,34)(H2,31,32,35). The first-order chi connectivity index (χ1) is 17.5. The molecule has 4 aromatic rings. The molecule has 0 radical (unpaired) electrons. The monoisotopic (exact) mass is 478 g/mol. The number of hydrogen-bond acceptors (Lipinski definition) is 4. The Morgan fingerprint density at radius 2 is 1.58 bits per heavy atom. The molecule has 0 fully saturated rings. The van der Waals surface area contributed by atoms with Crippen molar-refractivity contribution < 1.29 is 14.3 Å². The van der Waals surface area contributed by atoms with Crippen molar-refractivity contribution in [2.24, 2.45) is 0 Å². The average Bonchev–Trinajstić information content (AvgIpc) is 2.90. The predicted octanol–water partition coefficient (Wildman–Crippen LogP) is 6.26. The molecule has 7 nitrogen and oxygen atoms in total. The number of aromatic nitrogens is 1. The number of nitrogens with zero attached hydrogens (tertiary/aromatic N) is 1. The van der Waals surface area contributed by atoms with Crippen LogP contribution in [0.4, 0.5) is 21.9 Å². The maximum Gasteiger partial charge on any atom is 0.323 e. The molecule has 36 heavy (non-hydrogen) atoms. The number of carbonyl (C=O) groups is 2. The van der Waals surface area contributed by atoms with Crippen molar-refractivity contribution in [2.45, 2.75) is 13.5 Å². The van der Waals surface area contributed by atoms with Gasteiger partial charge in [-0.05, 0) is 72.7 Å². The number of aryl methyl sites for hydroxylation is 1. The molecule has 0 aliphatic carbocycles. The van der Waals surface area contributed by atoms with E-state index in [4.69, 9.17) is 4.74 Å². The quantitative estimate of drug-likeness (QED) is 0.261. The van der Waals surface area contributed by atoms with E-state index in [1.54, 1.807) is 36.5 Å². The Morgan fingerprint density at radius 3 is 2.33 bits per heavy atom. The van der Waals surface area contributed by atoms with Crippen molar-refractivity contribution >= 4 is 35.1 Å². The van der Waals surface area contributed by atoms with Gasteiger partial charge in [0.2, 0.25) is 5.91 Å². The predicted molar refractivity (Wildman–Crippen MR) is 143 cm³/mol. The Balaban J connectivity index is 1.30. The van der Waals surface area contributed by atoms with Crippen molar-refractivity contribution in [3.63, 3.8) is 0 Å². The number of amides is 3. The van der Waals surface area contributed by atoms with E-state index in [1.165, 1.54) is 6.08 Å². The molecule has 0 saturated carbocycles. The lowest BCUT2D eigenvalue weighted by atomic mass is 10.1. The second-order valence-electron chi connectivity index (χ2n) is 7.98. The molecule has 3 N–H and O–H groups in total. The van der Waals surface area contributed by atoms with Crippen molar-refractivity contribution in [3.05, 3.63) is 120 Å². The van der Waals surface area contributed by atoms with Crippen LogP contribution in [0.25, 0.3) is 6.08 Å². The van der Waals surface area contributed by atoms with E-state index in [-0.39, 0.29) is 11.9 Å². The van der Waals surface area contributed by atoms with E-state index in [9.17, 15) is 9.59 Å². The maximum absolute atomic E-state index is 12.5. The molecule has 0 spiro atoms. The van der Waals surface area contributed by atoms with Crippen LogP contribution in [0.3, 0.4) is 0 Å². The van der Waals surface area contributed by atoms with Crippen molar-refractivity contribution in [1.29, 1.82) is 0 Å². The van der Waals surface area contributed by atoms with Crippen LogP contribution in [0.1, 0.15) is 16.8 Å². The number of para-hydroxylation sites is 1. The number of anilines is 3. The van der Waals surface area contributed by atoms with Gasteiger partial charge in [-0.1, -0.05) is 42.5 Å². The highest BCUT2D eigenvalue weighted by molar-refractivity contribution is 6.03. The molecular formula is C29H26N4O3. The van der Waals surface area contributed by atoms with Crippen LogP contribution in [-0.4, -0.2) is 16.9 Å². The maximum atomic E-state index is 12.5. The van der Waals surface area contributed by atoms with Gasteiger partial charge in [0.15, 0.2) is 0 Å². The first kappa shape index (κ1) is 24.2. The van der Waals surface area contributed by atoms with E-state index < -0.39 is 0 Å². The second kappa shape index (κ2) is 12.0. The molecule has 3 aromatic carbocycles. The molecule has 7 heteroatoms. The minimum absolute atomic E-state index is 0.278. The Labute approximate surface area is 209 Å². The Hall–Kier alpha value is -4.91. The topological polar surface area (TPSA) is 92.4 Å². The van der Waals surface area contributed by atoms with E-state index in [2.05, 4.69) is 20.9 Å². The fourth-order valence-corrected chi connectivity index (χ4v) is 3.31. The molecule has 0 unspecified atom stereocenters. The normalized spacial score (nSPS) is 10.6. The molecular weight excluding hydrogens is 452 g/mol. The fourth-order valence-electron chi connectivity index (χ4n) is 3.31. The van der Waals surface area contributed by atoms with Crippen molar-refractivity contribution in [2.75, 3.05) is 16.0 Å². The fraction of sp³-hybridized carbons (Fsp3) is 0.0690. The van der Waals surface area contributed by atoms with E-state index in [0.29, 0.717) is 23.7 Å². The highest BCUT2D eigenvalue weighted by atomic mass is 16.5. The number of carbonyl (C=O) groups excluding carboxylic acids is 2. The van der Waals surface area contributed by atoms with Gasteiger partial charge in [0, 0.05) is 29.3 Å². The van der Waals surface area contributed by atoms with Crippen molar-refractivity contribution in [3.8, 4) is 5.75 Å². The van der Waals surface area contributed by atoms with Gasteiger partial charge < -0.3 is 20.7 Å². The minimum Gasteiger partial charge on any atom is -0.487 e. The number of urea groups is 1. The van der Waals surface area contributed by atoms with Crippen LogP contribution in [0.5, 0.6) is 5.75 Å². The number of rotatable bonds is 8. The SMILES string of the molecule is Cc1ccc(NC(=O)Nc2ccccc2)cc1NC(=O)C=Cc1ccc(OCc2ccccn2)cc1. The minimum atomic E-state index is -0.366. The third-order valence-electron chi connectivity index (χ3n) is 5.21. The first-order valence-electron chi connectivity index (χ1n) is 11.4. The summed E-state index contributed by atoms with van der Waals surface area (Å²) in [6, 6.07) is 27.3. The summed E-state index contributed by atoms with van der Waals surface area (Å²) in [5.74, 6) is 0.443. The summed E-state index contributed by atoms with van der Waals surface area (Å²) < 4.78 is 5.74. The van der Waals surface area contributed by atoms with Gasteiger partial charge in [0.25, 0.3) is 0 Å². The zero-order valence-corrected chi connectivity index (χ0v) is 19.8. The molecule has 0 bridgehead atoms. The lowest BCUT2D eigenvalue weighted by Gasteiger charge is -2.11. The third kappa shape index (κ3) is 7.30. The number of ether oxygens (including phenoxy) is 1. The van der Waals surface area contributed by atoms with Gasteiger partial charge in [-0.3, -0.25) is 9.78 Å². The van der Waals surface area contributed by atoms with E-state index in [1.807, 2.05) is 73.7 Å². The number of hydrogen-bond donors (Lipinski definition) is 3. The number of nitrogens with one attached hydrogen (secondary N) is 3. The Bertz CT molecular complexity index is 1340. The average molecular weight is 479 g/mol. The van der Waals surface area contributed by atoms with Gasteiger partial charge in [-0.25, -0.2) is 4.79 Å². The summed E-state index contributed by atoms with van der Waals surface area (Å²) >= 11 is 0. The molecule has 4 rings (SSSR count). The van der Waals surface area contributed by atoms with Gasteiger partial charge in [0.1, 0.15) is 12.4 Å². The van der Waals surface area contributed by atoms with Gasteiger partial charge >= 0.3 is 6.03 Å². The second-order valence-corrected chi connectivity index (χ2v) is 7.98. The third-order valence-corrected chi connectivity index (χ3v) is 5.21. The zero-order chi connectivity index (χ0) is 25.2. The smallest absolute Gasteiger partial charge is 0.323 e. The molecule has 1 aromatic heterocycles. The van der Waals surface area contributed by atoms with Crippen LogP contribution in [-0.2, 0) is 11.4 Å². The van der Waals surface area contributed by atoms with Crippen molar-refractivity contribution in [1.82, 2.24) is 4.98 Å². The van der Waals surface area contributed by atoms with Crippen LogP contribution < -0.4 is 20.7 Å². The first-order valence-corrected chi connectivity index (χ1v) is 11.4. The summed E-state index contributed by atoms with van der Waals surface area (Å²) in [7, 11) is 0. The highest BCUT2D eigenvalue weighted by Gasteiger charge is 2.07. The molecule has 180 valence electrons. The van der Waals surface area contributed by atoms with Gasteiger partial charge in [-0.2, -0.15) is 0 Å². The molecule has 1 heterocycles. The summed E-state index contributed by atoms with van der Waals surface area (Å²) in [6.07, 6.45) is 4.92. The van der Waals surface area contributed by atoms with Gasteiger partial charge in [0.05, 0.1) is 5.69 Å². The highest BCUT2D eigenvalue weighted by Crippen LogP contribution is 2.21. The summed E-state index contributed by atoms with van der Waals surface area (Å²) in [6.45, 7) is 2.27. The van der Waals surface area contributed by atoms with Crippen LogP contribution >= 0.6 is 0 Å². The number of pyridine rings is 1. The van der Waals surface area contributed by atoms with Gasteiger partial charge in [-0.15, -0.1) is 0 Å². The molecule has 0 aliphatic rings. The summed E-state index contributed by atoms with van der Waals surface area (Å²) in [5, 5.41) is 8.41. The summed E-state index contributed by atoms with van der Waals surface area (Å²) in [4.78, 5) is 29.0. The summed E-state index contributed by atoms with van der Waals surface area (Å²) in [5.41, 5.74) is 4.45. The molecule has 3 amide bonds. The Kier molecular flexibility index (Phi) is 8.07. The number of benzene rings is 3. The van der Waals surface area contributed by atoms with Crippen LogP contribution in [0.2, 0.25) is 0 Å².